The van der Waals surface area contributed by atoms with Crippen LogP contribution in [-0.4, -0.2) is 49.3 Å². The number of carbonyl (C=O) groups is 1. The molecule has 0 saturated carbocycles. The van der Waals surface area contributed by atoms with Crippen LogP contribution in [0.2, 0.25) is 0 Å². The Balaban J connectivity index is 1.59. The van der Waals surface area contributed by atoms with Crippen LogP contribution in [0.3, 0.4) is 0 Å². The minimum Gasteiger partial charge on any atom is -0.382 e. The molecule has 0 unspecified atom stereocenters. The molecule has 2 aliphatic rings. The maximum atomic E-state index is 12.6. The fraction of sp³-hybridized carbons (Fsp3) is 0.611. The number of hydrogen-bond acceptors (Lipinski definition) is 3. The first-order valence-electron chi connectivity index (χ1n) is 8.17. The van der Waals surface area contributed by atoms with Crippen LogP contribution in [0.25, 0.3) is 0 Å². The van der Waals surface area contributed by atoms with E-state index in [1.807, 2.05) is 17.0 Å². The minimum atomic E-state index is 0.191. The number of amides is 1. The summed E-state index contributed by atoms with van der Waals surface area (Å²) in [4.78, 5) is 14.6. The average Bonchev–Trinajstić information content (AvgIpc) is 2.93. The van der Waals surface area contributed by atoms with E-state index in [4.69, 9.17) is 9.47 Å². The fourth-order valence-corrected chi connectivity index (χ4v) is 3.60. The molecule has 2 heterocycles. The minimum absolute atomic E-state index is 0.191. The van der Waals surface area contributed by atoms with Crippen molar-refractivity contribution in [2.45, 2.75) is 50.9 Å². The van der Waals surface area contributed by atoms with Crippen molar-refractivity contribution in [2.75, 3.05) is 20.3 Å². The normalized spacial score (nSPS) is 27.7. The van der Waals surface area contributed by atoms with E-state index in [1.54, 1.807) is 7.11 Å². The topological polar surface area (TPSA) is 38.8 Å². The number of benzene rings is 1. The van der Waals surface area contributed by atoms with Gasteiger partial charge in [0.2, 0.25) is 5.91 Å². The standard InChI is InChI=1S/C18H25NO3/c1-13-3-5-14(6-4-13)11-18(20)19-10-9-17-16(19)8-7-15(22-17)12-21-2/h3-6,15-17H,7-12H2,1-2H3/t15-,16-,17-/m0/s1. The molecular weight excluding hydrogens is 278 g/mol. The van der Waals surface area contributed by atoms with Gasteiger partial charge in [0.25, 0.3) is 0 Å². The number of ether oxygens (including phenoxy) is 2. The Hall–Kier alpha value is -1.39. The molecule has 120 valence electrons. The molecule has 0 aromatic heterocycles. The van der Waals surface area contributed by atoms with Gasteiger partial charge in [-0.25, -0.2) is 0 Å². The lowest BCUT2D eigenvalue weighted by Crippen LogP contribution is -2.46. The molecule has 22 heavy (non-hydrogen) atoms. The molecule has 0 aliphatic carbocycles. The second-order valence-electron chi connectivity index (χ2n) is 6.43. The number of nitrogens with zero attached hydrogens (tertiary/aromatic N) is 1. The molecule has 3 rings (SSSR count). The highest BCUT2D eigenvalue weighted by molar-refractivity contribution is 5.79. The Morgan fingerprint density at radius 3 is 2.77 bits per heavy atom. The Kier molecular flexibility index (Phi) is 4.79. The van der Waals surface area contributed by atoms with Crippen LogP contribution in [0.5, 0.6) is 0 Å². The molecule has 4 nitrogen and oxygen atoms in total. The first-order valence-corrected chi connectivity index (χ1v) is 8.17. The van der Waals surface area contributed by atoms with Gasteiger partial charge in [0.15, 0.2) is 0 Å². The summed E-state index contributed by atoms with van der Waals surface area (Å²) in [6.45, 7) is 3.53. The van der Waals surface area contributed by atoms with Gasteiger partial charge in [-0.05, 0) is 31.7 Å². The molecule has 1 aromatic carbocycles. The first-order chi connectivity index (χ1) is 10.7. The highest BCUT2D eigenvalue weighted by atomic mass is 16.5. The Morgan fingerprint density at radius 1 is 1.27 bits per heavy atom. The van der Waals surface area contributed by atoms with E-state index < -0.39 is 0 Å². The van der Waals surface area contributed by atoms with Gasteiger partial charge in [0.1, 0.15) is 0 Å². The molecule has 4 heteroatoms. The van der Waals surface area contributed by atoms with E-state index in [0.29, 0.717) is 13.0 Å². The molecule has 0 N–H and O–H groups in total. The predicted molar refractivity (Wildman–Crippen MR) is 84.8 cm³/mol. The van der Waals surface area contributed by atoms with Gasteiger partial charge in [0.05, 0.1) is 31.3 Å². The van der Waals surface area contributed by atoms with E-state index in [2.05, 4.69) is 19.1 Å². The van der Waals surface area contributed by atoms with Crippen molar-refractivity contribution in [1.29, 1.82) is 0 Å². The molecule has 3 atom stereocenters. The van der Waals surface area contributed by atoms with Gasteiger partial charge in [-0.3, -0.25) is 4.79 Å². The van der Waals surface area contributed by atoms with Crippen LogP contribution in [0.1, 0.15) is 30.4 Å². The molecular formula is C18H25NO3. The number of rotatable bonds is 4. The van der Waals surface area contributed by atoms with Crippen LogP contribution >= 0.6 is 0 Å². The highest BCUT2D eigenvalue weighted by Gasteiger charge is 2.41. The molecule has 2 fully saturated rings. The van der Waals surface area contributed by atoms with Gasteiger partial charge in [0, 0.05) is 13.7 Å². The van der Waals surface area contributed by atoms with Crippen molar-refractivity contribution in [3.8, 4) is 0 Å². The highest BCUT2D eigenvalue weighted by Crippen LogP contribution is 2.32. The smallest absolute Gasteiger partial charge is 0.227 e. The van der Waals surface area contributed by atoms with Crippen molar-refractivity contribution in [2.24, 2.45) is 0 Å². The van der Waals surface area contributed by atoms with E-state index in [-0.39, 0.29) is 24.2 Å². The summed E-state index contributed by atoms with van der Waals surface area (Å²) < 4.78 is 11.3. The quantitative estimate of drug-likeness (QED) is 0.857. The average molecular weight is 303 g/mol. The predicted octanol–water partition coefficient (Wildman–Crippen LogP) is 2.33. The van der Waals surface area contributed by atoms with E-state index >= 15 is 0 Å². The zero-order chi connectivity index (χ0) is 15.5. The van der Waals surface area contributed by atoms with E-state index in [1.165, 1.54) is 5.56 Å². The second-order valence-corrected chi connectivity index (χ2v) is 6.43. The zero-order valence-electron chi connectivity index (χ0n) is 13.5. The summed E-state index contributed by atoms with van der Waals surface area (Å²) in [6.07, 6.45) is 3.83. The summed E-state index contributed by atoms with van der Waals surface area (Å²) in [6, 6.07) is 8.48. The maximum absolute atomic E-state index is 12.6. The summed E-state index contributed by atoms with van der Waals surface area (Å²) in [5, 5.41) is 0. The summed E-state index contributed by atoms with van der Waals surface area (Å²) in [7, 11) is 1.71. The lowest BCUT2D eigenvalue weighted by Gasteiger charge is -2.35. The van der Waals surface area contributed by atoms with Crippen molar-refractivity contribution < 1.29 is 14.3 Å². The molecule has 0 radical (unpaired) electrons. The Bertz CT molecular complexity index is 514. The van der Waals surface area contributed by atoms with Crippen LogP contribution < -0.4 is 0 Å². The monoisotopic (exact) mass is 303 g/mol. The van der Waals surface area contributed by atoms with Crippen molar-refractivity contribution in [3.63, 3.8) is 0 Å². The number of aryl methyl sites for hydroxylation is 1. The number of hydrogen-bond donors (Lipinski definition) is 0. The van der Waals surface area contributed by atoms with Gasteiger partial charge < -0.3 is 14.4 Å². The number of fused-ring (bicyclic) bond motifs is 1. The van der Waals surface area contributed by atoms with Gasteiger partial charge in [-0.15, -0.1) is 0 Å². The van der Waals surface area contributed by atoms with Gasteiger partial charge >= 0.3 is 0 Å². The first kappa shape index (κ1) is 15.5. The maximum Gasteiger partial charge on any atom is 0.227 e. The third-order valence-electron chi connectivity index (χ3n) is 4.78. The van der Waals surface area contributed by atoms with E-state index in [9.17, 15) is 4.79 Å². The molecule has 1 aromatic rings. The second kappa shape index (κ2) is 6.80. The number of methoxy groups -OCH3 is 1. The van der Waals surface area contributed by atoms with Crippen molar-refractivity contribution in [1.82, 2.24) is 4.90 Å². The molecule has 0 spiro atoms. The molecule has 0 bridgehead atoms. The third kappa shape index (κ3) is 3.33. The van der Waals surface area contributed by atoms with Crippen LogP contribution in [0.4, 0.5) is 0 Å². The largest absolute Gasteiger partial charge is 0.382 e. The molecule has 1 amide bonds. The van der Waals surface area contributed by atoms with Gasteiger partial charge in [-0.1, -0.05) is 29.8 Å². The summed E-state index contributed by atoms with van der Waals surface area (Å²) >= 11 is 0. The SMILES string of the molecule is COC[C@@H]1CC[C@H]2[C@H](CCN2C(=O)Cc2ccc(C)cc2)O1. The van der Waals surface area contributed by atoms with E-state index in [0.717, 1.165) is 31.4 Å². The van der Waals surface area contributed by atoms with Crippen LogP contribution in [-0.2, 0) is 20.7 Å². The van der Waals surface area contributed by atoms with Crippen LogP contribution in [0, 0.1) is 6.92 Å². The lowest BCUT2D eigenvalue weighted by molar-refractivity contribution is -0.137. The Morgan fingerprint density at radius 2 is 2.05 bits per heavy atom. The zero-order valence-corrected chi connectivity index (χ0v) is 13.5. The third-order valence-corrected chi connectivity index (χ3v) is 4.78. The number of likely N-dealkylation sites (tertiary alicyclic amines) is 1. The number of carbonyl (C=O) groups excluding carboxylic acids is 1. The van der Waals surface area contributed by atoms with Crippen LogP contribution in [0.15, 0.2) is 24.3 Å². The molecule has 2 aliphatic heterocycles. The lowest BCUT2D eigenvalue weighted by atomic mass is 9.99. The van der Waals surface area contributed by atoms with Crippen molar-refractivity contribution >= 4 is 5.91 Å². The fourth-order valence-electron chi connectivity index (χ4n) is 3.60. The van der Waals surface area contributed by atoms with Gasteiger partial charge in [-0.2, -0.15) is 0 Å². The Labute approximate surface area is 132 Å². The molecule has 2 saturated heterocycles. The van der Waals surface area contributed by atoms with Crippen molar-refractivity contribution in [3.05, 3.63) is 35.4 Å². The summed E-state index contributed by atoms with van der Waals surface area (Å²) in [5.41, 5.74) is 2.32. The summed E-state index contributed by atoms with van der Waals surface area (Å²) in [5.74, 6) is 0.227.